The zero-order chi connectivity index (χ0) is 32.8. The largest absolute Gasteiger partial charge is 0.496 e. The first-order chi connectivity index (χ1) is 21.1. The van der Waals surface area contributed by atoms with Gasteiger partial charge in [0.2, 0.25) is 0 Å². The predicted molar refractivity (Wildman–Crippen MR) is 154 cm³/mol. The standard InChI is InChI=1S/C32H27F7N2O3S/c1-16(2)22-13-23(26(43-4)14-24(22)33)28-25(40-29(45-28)18-8-6-5-7-9-18)15-41-17(3)27(44-30(41)42)19-10-20(31(34,35)36)12-21(11-19)32(37,38)39/h5-14,16-17,27H,15H2,1-4H3/t17-,27-/m0/s1. The van der Waals surface area contributed by atoms with Gasteiger partial charge in [0.25, 0.3) is 0 Å². The number of nitrogens with zero attached hydrogens (tertiary/aromatic N) is 2. The number of carbonyl (C=O) groups excluding carboxylic acids is 1. The number of ether oxygens (including phenoxy) is 2. The minimum Gasteiger partial charge on any atom is -0.496 e. The summed E-state index contributed by atoms with van der Waals surface area (Å²) < 4.78 is 107. The number of cyclic esters (lactones) is 1. The Labute approximate surface area is 258 Å². The Hall–Kier alpha value is -4.13. The number of hydrogen-bond acceptors (Lipinski definition) is 5. The number of rotatable bonds is 7. The second-order valence-corrected chi connectivity index (χ2v) is 11.9. The van der Waals surface area contributed by atoms with Crippen molar-refractivity contribution in [3.05, 3.63) is 94.4 Å². The predicted octanol–water partition coefficient (Wildman–Crippen LogP) is 9.87. The lowest BCUT2D eigenvalue weighted by Gasteiger charge is -2.22. The molecule has 0 unspecified atom stereocenters. The first-order valence-corrected chi connectivity index (χ1v) is 14.6. The highest BCUT2D eigenvalue weighted by molar-refractivity contribution is 7.18. The number of benzene rings is 3. The number of hydrogen-bond donors (Lipinski definition) is 0. The van der Waals surface area contributed by atoms with Gasteiger partial charge in [-0.05, 0) is 48.2 Å². The van der Waals surface area contributed by atoms with Crippen LogP contribution in [0.1, 0.15) is 60.7 Å². The molecule has 0 saturated carbocycles. The van der Waals surface area contributed by atoms with E-state index in [-0.39, 0.29) is 24.3 Å². The SMILES string of the molecule is COc1cc(F)c(C(C)C)cc1-c1sc(-c2ccccc2)nc1CN1C(=O)O[C@H](c2cc(C(F)(F)F)cc(C(F)(F)F)c2)[C@@H]1C. The van der Waals surface area contributed by atoms with Crippen molar-refractivity contribution >= 4 is 17.4 Å². The maximum absolute atomic E-state index is 14.9. The number of halogens is 7. The molecule has 0 N–H and O–H groups in total. The molecule has 1 fully saturated rings. The molecular weight excluding hydrogens is 625 g/mol. The van der Waals surface area contributed by atoms with Crippen molar-refractivity contribution in [1.29, 1.82) is 0 Å². The molecule has 3 aromatic carbocycles. The van der Waals surface area contributed by atoms with Crippen LogP contribution in [0.15, 0.2) is 60.7 Å². The summed E-state index contributed by atoms with van der Waals surface area (Å²) >= 11 is 1.27. The number of carbonyl (C=O) groups is 1. The van der Waals surface area contributed by atoms with Gasteiger partial charge in [0.1, 0.15) is 22.7 Å². The van der Waals surface area contributed by atoms with Crippen molar-refractivity contribution in [3.8, 4) is 26.8 Å². The topological polar surface area (TPSA) is 51.7 Å². The molecule has 1 amide bonds. The van der Waals surface area contributed by atoms with Gasteiger partial charge in [-0.3, -0.25) is 4.90 Å². The molecule has 0 bridgehead atoms. The summed E-state index contributed by atoms with van der Waals surface area (Å²) in [7, 11) is 1.39. The number of aromatic nitrogens is 1. The van der Waals surface area contributed by atoms with Crippen molar-refractivity contribution in [1.82, 2.24) is 9.88 Å². The van der Waals surface area contributed by atoms with Crippen molar-refractivity contribution in [2.75, 3.05) is 7.11 Å². The molecule has 5 nitrogen and oxygen atoms in total. The van der Waals surface area contributed by atoms with Crippen molar-refractivity contribution in [3.63, 3.8) is 0 Å². The van der Waals surface area contributed by atoms with E-state index in [1.807, 2.05) is 44.2 Å². The Morgan fingerprint density at radius 1 is 0.978 bits per heavy atom. The smallest absolute Gasteiger partial charge is 0.416 e. The first kappa shape index (κ1) is 32.3. The van der Waals surface area contributed by atoms with E-state index in [0.29, 0.717) is 38.8 Å². The van der Waals surface area contributed by atoms with Crippen LogP contribution >= 0.6 is 11.3 Å². The van der Waals surface area contributed by atoms with Crippen molar-refractivity contribution in [2.24, 2.45) is 0 Å². The van der Waals surface area contributed by atoms with Crippen LogP contribution in [0.5, 0.6) is 5.75 Å². The molecule has 1 aliphatic heterocycles. The van der Waals surface area contributed by atoms with Crippen LogP contribution in [0.3, 0.4) is 0 Å². The average molecular weight is 653 g/mol. The minimum atomic E-state index is -5.06. The number of amides is 1. The highest BCUT2D eigenvalue weighted by Crippen LogP contribution is 2.45. The van der Waals surface area contributed by atoms with Crippen LogP contribution in [0, 0.1) is 5.82 Å². The van der Waals surface area contributed by atoms with Crippen LogP contribution in [0.2, 0.25) is 0 Å². The zero-order valence-electron chi connectivity index (χ0n) is 24.4. The summed E-state index contributed by atoms with van der Waals surface area (Å²) in [6, 6.07) is 12.2. The van der Waals surface area contributed by atoms with Gasteiger partial charge in [-0.25, -0.2) is 14.2 Å². The average Bonchev–Trinajstić information content (AvgIpc) is 3.52. The Morgan fingerprint density at radius 3 is 2.16 bits per heavy atom. The van der Waals surface area contributed by atoms with Gasteiger partial charge in [-0.1, -0.05) is 44.2 Å². The highest BCUT2D eigenvalue weighted by atomic mass is 32.1. The summed E-state index contributed by atoms with van der Waals surface area (Å²) in [5.41, 5.74) is -1.39. The maximum Gasteiger partial charge on any atom is 0.416 e. The molecular formula is C32H27F7N2O3S. The van der Waals surface area contributed by atoms with E-state index in [2.05, 4.69) is 0 Å². The third kappa shape index (κ3) is 6.49. The van der Waals surface area contributed by atoms with Gasteiger partial charge in [0, 0.05) is 17.2 Å². The van der Waals surface area contributed by atoms with E-state index in [1.54, 1.807) is 6.07 Å². The Bertz CT molecular complexity index is 1690. The molecule has 13 heteroatoms. The molecule has 238 valence electrons. The fourth-order valence-electron chi connectivity index (χ4n) is 5.20. The molecule has 2 heterocycles. The van der Waals surface area contributed by atoms with Crippen molar-refractivity contribution < 1.29 is 45.0 Å². The first-order valence-electron chi connectivity index (χ1n) is 13.8. The molecule has 1 aliphatic rings. The van der Waals surface area contributed by atoms with Crippen LogP contribution in [-0.2, 0) is 23.6 Å². The molecule has 2 atom stereocenters. The van der Waals surface area contributed by atoms with Crippen LogP contribution in [-0.4, -0.2) is 29.1 Å². The lowest BCUT2D eigenvalue weighted by Crippen LogP contribution is -2.31. The fourth-order valence-corrected chi connectivity index (χ4v) is 6.30. The summed E-state index contributed by atoms with van der Waals surface area (Å²) in [6.07, 6.45) is -12.5. The Morgan fingerprint density at radius 2 is 1.60 bits per heavy atom. The molecule has 5 rings (SSSR count). The molecule has 0 aliphatic carbocycles. The van der Waals surface area contributed by atoms with E-state index in [1.165, 1.54) is 36.3 Å². The van der Waals surface area contributed by atoms with Crippen LogP contribution in [0.4, 0.5) is 35.5 Å². The normalized spacial score (nSPS) is 17.2. The van der Waals surface area contributed by atoms with E-state index in [9.17, 15) is 35.5 Å². The molecule has 4 aromatic rings. The number of methoxy groups -OCH3 is 1. The second-order valence-electron chi connectivity index (χ2n) is 10.9. The van der Waals surface area contributed by atoms with Gasteiger partial charge in [0.15, 0.2) is 0 Å². The molecule has 45 heavy (non-hydrogen) atoms. The lowest BCUT2D eigenvalue weighted by molar-refractivity contribution is -0.143. The molecule has 0 spiro atoms. The van der Waals surface area contributed by atoms with E-state index >= 15 is 0 Å². The third-order valence-electron chi connectivity index (χ3n) is 7.55. The monoisotopic (exact) mass is 652 g/mol. The Balaban J connectivity index is 1.58. The van der Waals surface area contributed by atoms with E-state index in [0.717, 1.165) is 5.56 Å². The third-order valence-corrected chi connectivity index (χ3v) is 8.73. The fraction of sp³-hybridized carbons (Fsp3) is 0.312. The molecule has 1 aromatic heterocycles. The van der Waals surface area contributed by atoms with Crippen LogP contribution < -0.4 is 4.74 Å². The Kier molecular flexibility index (Phi) is 8.60. The highest BCUT2D eigenvalue weighted by Gasteiger charge is 2.44. The van der Waals surface area contributed by atoms with Gasteiger partial charge >= 0.3 is 18.4 Å². The molecule has 1 saturated heterocycles. The van der Waals surface area contributed by atoms with E-state index in [4.69, 9.17) is 14.5 Å². The van der Waals surface area contributed by atoms with Gasteiger partial charge in [-0.15, -0.1) is 11.3 Å². The number of alkyl halides is 6. The summed E-state index contributed by atoms with van der Waals surface area (Å²) in [5.74, 6) is -0.415. The second kappa shape index (κ2) is 12.0. The van der Waals surface area contributed by atoms with Crippen LogP contribution in [0.25, 0.3) is 21.0 Å². The quantitative estimate of drug-likeness (QED) is 0.187. The summed E-state index contributed by atoms with van der Waals surface area (Å²) in [5, 5.41) is 0.572. The van der Waals surface area contributed by atoms with Gasteiger partial charge in [-0.2, -0.15) is 26.3 Å². The van der Waals surface area contributed by atoms with E-state index < -0.39 is 53.1 Å². The zero-order valence-corrected chi connectivity index (χ0v) is 25.2. The summed E-state index contributed by atoms with van der Waals surface area (Å²) in [6.45, 7) is 4.94. The minimum absolute atomic E-state index is 0.0247. The number of thiazole rings is 1. The van der Waals surface area contributed by atoms with Gasteiger partial charge < -0.3 is 9.47 Å². The maximum atomic E-state index is 14.9. The van der Waals surface area contributed by atoms with Crippen molar-refractivity contribution in [2.45, 2.75) is 57.7 Å². The molecule has 0 radical (unpaired) electrons. The lowest BCUT2D eigenvalue weighted by atomic mass is 9.97. The summed E-state index contributed by atoms with van der Waals surface area (Å²) in [4.78, 5) is 19.7. The van der Waals surface area contributed by atoms with Gasteiger partial charge in [0.05, 0.1) is 41.4 Å².